The molecule has 41 heteroatoms. The number of rotatable bonds is 62. The molecule has 0 spiro atoms. The second-order valence-corrected chi connectivity index (χ2v) is 27.1. The highest BCUT2D eigenvalue weighted by molar-refractivity contribution is 6.31. The average Bonchev–Trinajstić information content (AvgIpc) is 1.61. The van der Waals surface area contributed by atoms with Gasteiger partial charge in [-0.2, -0.15) is 5.10 Å². The van der Waals surface area contributed by atoms with E-state index < -0.39 is 89.9 Å². The van der Waals surface area contributed by atoms with Gasteiger partial charge in [0.2, 0.25) is 5.91 Å². The van der Waals surface area contributed by atoms with Crippen LogP contribution in [0.3, 0.4) is 0 Å². The number of nitrogens with one attached hydrogen (secondary N) is 1. The van der Waals surface area contributed by atoms with Crippen molar-refractivity contribution in [1.82, 2.24) is 35.3 Å². The summed E-state index contributed by atoms with van der Waals surface area (Å²) in [6.45, 7) is 7.99. The Hall–Kier alpha value is -5.09. The van der Waals surface area contributed by atoms with Crippen LogP contribution in [-0.4, -0.2) is 386 Å². The number of nitrogens with zero attached hydrogens (tertiary/aromatic N) is 8. The van der Waals surface area contributed by atoms with E-state index in [0.717, 1.165) is 5.56 Å². The zero-order valence-corrected chi connectivity index (χ0v) is 62.3. The highest BCUT2D eigenvalue weighted by atomic mass is 16.8. The highest BCUT2D eigenvalue weighted by Gasteiger charge is 2.60. The van der Waals surface area contributed by atoms with Gasteiger partial charge in [-0.3, -0.25) is 9.79 Å². The second-order valence-electron chi connectivity index (χ2n) is 27.1. The zero-order chi connectivity index (χ0) is 77.5. The van der Waals surface area contributed by atoms with Crippen LogP contribution in [0.1, 0.15) is 36.2 Å². The summed E-state index contributed by atoms with van der Waals surface area (Å²) in [5.41, 5.74) is 9.29. The maximum absolute atomic E-state index is 14.0. The number of aliphatic hydroxyl groups excluding tert-OH is 6. The third kappa shape index (κ3) is 28.7. The van der Waals surface area contributed by atoms with E-state index in [9.17, 15) is 35.4 Å². The average molecular weight is 1580 g/mol. The minimum absolute atomic E-state index is 0.000778. The Morgan fingerprint density at radius 1 is 0.527 bits per heavy atom. The normalized spacial score (nSPS) is 27.7. The molecule has 13 N–H and O–H groups in total. The number of hydrazone groups is 1. The molecule has 6 bridgehead atoms. The molecule has 0 saturated carbocycles. The van der Waals surface area contributed by atoms with Crippen LogP contribution in [0.2, 0.25) is 0 Å². The quantitative estimate of drug-likeness (QED) is 0.0109. The zero-order valence-electron chi connectivity index (χ0n) is 62.3. The minimum Gasteiger partial charge on any atom is -0.390 e. The van der Waals surface area contributed by atoms with Crippen LogP contribution < -0.4 is 22.6 Å². The molecular weight excluding hydrogens is 1460 g/mol. The van der Waals surface area contributed by atoms with Gasteiger partial charge in [0.25, 0.3) is 0 Å². The van der Waals surface area contributed by atoms with Crippen molar-refractivity contribution in [2.75, 3.05) is 218 Å². The van der Waals surface area contributed by atoms with E-state index in [1.54, 1.807) is 21.8 Å². The number of benzene rings is 1. The molecule has 2 aromatic heterocycles. The predicted molar refractivity (Wildman–Crippen MR) is 378 cm³/mol. The summed E-state index contributed by atoms with van der Waals surface area (Å²) in [5, 5.41) is 86.3. The molecule has 9 rings (SSSR count). The first-order valence-corrected chi connectivity index (χ1v) is 37.2. The first-order chi connectivity index (χ1) is 53.6. The molecule has 1 aromatic carbocycles. The lowest BCUT2D eigenvalue weighted by Crippen LogP contribution is -2.65. The first kappa shape index (κ1) is 88.9. The van der Waals surface area contributed by atoms with Crippen molar-refractivity contribution in [3.63, 3.8) is 0 Å². The fourth-order valence-electron chi connectivity index (χ4n) is 12.3. The minimum atomic E-state index is -1.31. The Balaban J connectivity index is 0.685. The molecule has 6 fully saturated rings. The van der Waals surface area contributed by atoms with Gasteiger partial charge in [-0.05, 0) is 12.0 Å². The Morgan fingerprint density at radius 3 is 1.45 bits per heavy atom. The largest absolute Gasteiger partial charge is 0.390 e. The Kier molecular flexibility index (Phi) is 39.0. The summed E-state index contributed by atoms with van der Waals surface area (Å²) < 4.78 is 130. The van der Waals surface area contributed by atoms with Crippen molar-refractivity contribution in [2.45, 2.75) is 142 Å². The Morgan fingerprint density at radius 2 is 0.964 bits per heavy atom. The van der Waals surface area contributed by atoms with Crippen LogP contribution in [0.4, 0.5) is 0 Å². The third-order valence-corrected chi connectivity index (χ3v) is 18.4. The number of hydrogen-bond donors (Lipinski definition) is 10. The number of hydrogen-bond acceptors (Lipinski definition) is 38. The van der Waals surface area contributed by atoms with Gasteiger partial charge >= 0.3 is 0 Å². The van der Waals surface area contributed by atoms with Gasteiger partial charge < -0.3 is 157 Å². The van der Waals surface area contributed by atoms with E-state index in [2.05, 4.69) is 36.0 Å². The van der Waals surface area contributed by atoms with E-state index in [0.29, 0.717) is 149 Å². The molecule has 0 aliphatic carbocycles. The van der Waals surface area contributed by atoms with E-state index in [-0.39, 0.29) is 144 Å². The summed E-state index contributed by atoms with van der Waals surface area (Å²) in [6.07, 6.45) is -3.37. The van der Waals surface area contributed by atoms with Crippen molar-refractivity contribution < 1.29 is 140 Å². The first-order valence-electron chi connectivity index (χ1n) is 37.2. The highest BCUT2D eigenvalue weighted by Crippen LogP contribution is 2.39. The number of aliphatic hydroxyl groups is 6. The van der Waals surface area contributed by atoms with Crippen molar-refractivity contribution in [3.05, 3.63) is 59.7 Å². The van der Waals surface area contributed by atoms with Crippen molar-refractivity contribution in [2.24, 2.45) is 27.4 Å². The third-order valence-electron chi connectivity index (χ3n) is 18.4. The number of carbonyl (C=O) groups excluding carboxylic acids is 1. The van der Waals surface area contributed by atoms with Gasteiger partial charge in [0.1, 0.15) is 70.0 Å². The molecule has 110 heavy (non-hydrogen) atoms. The van der Waals surface area contributed by atoms with Crippen LogP contribution in [0, 0.1) is 0 Å². The number of nitrogens with two attached hydrogens (primary N) is 3. The maximum atomic E-state index is 14.0. The molecule has 41 nitrogen and oxygen atoms in total. The van der Waals surface area contributed by atoms with Crippen LogP contribution in [0.15, 0.2) is 52.8 Å². The number of carbonyl (C=O) groups is 1. The van der Waals surface area contributed by atoms with Gasteiger partial charge in [0.05, 0.1) is 275 Å². The molecule has 1 amide bonds. The predicted octanol–water partition coefficient (Wildman–Crippen LogP) is -5.36. The summed E-state index contributed by atoms with van der Waals surface area (Å²) in [7, 11) is 0. The molecule has 8 heterocycles. The molecule has 624 valence electrons. The van der Waals surface area contributed by atoms with Crippen LogP contribution in [-0.2, 0) is 142 Å². The lowest BCUT2D eigenvalue weighted by atomic mass is 9.89. The maximum Gasteiger partial charge on any atom is 0.220 e. The Labute approximate surface area is 637 Å². The van der Waals surface area contributed by atoms with Gasteiger partial charge in [0.15, 0.2) is 18.9 Å². The molecule has 15 atom stereocenters. The van der Waals surface area contributed by atoms with E-state index >= 15 is 0 Å². The van der Waals surface area contributed by atoms with Crippen LogP contribution in [0.5, 0.6) is 0 Å². The summed E-state index contributed by atoms with van der Waals surface area (Å²) in [5.74, 6) is 5.52. The van der Waals surface area contributed by atoms with Crippen molar-refractivity contribution in [3.8, 4) is 0 Å². The second kappa shape index (κ2) is 48.3. The monoisotopic (exact) mass is 1570 g/mol. The fraction of sp³-hybridized carbons (Fsp3) is 0.812. The number of fused-ring (bicyclic) bond motifs is 6. The number of ether oxygens (including phenoxy) is 22. The van der Waals surface area contributed by atoms with Gasteiger partial charge in [-0.1, -0.05) is 40.8 Å². The summed E-state index contributed by atoms with van der Waals surface area (Å²) in [4.78, 5) is 18.5. The molecule has 1 unspecified atom stereocenters. The summed E-state index contributed by atoms with van der Waals surface area (Å²) in [6, 6.07) is 8.04. The standard InChI is InChI=1S/C69H114N12O29/c70-57-59(84)62(87)68(48-106-64(57)109-68)45-100-31-28-96-24-21-92-18-15-89-12-8-73-34-51(75-72)38-102-41-66(74-55(83)7-4-11-98-37-50-5-2-1-3-6-50,42-103-39-52-35-80(78-76-52)9-13-90-16-19-93-22-25-95-27-30-99-44-67-47-105-56(108-67)33-54(82)61(67)86)43-104-40-53-36-81(79-77-53)10-14-91-17-20-94-23-26-97-29-32-101-46-69-49-107-65(110-69)58(71)60(85)63(69)88/h1-3,5-6,34-36,54,56-65,82,84-88H,4,7-33,37-49,70-72H2,(H,74,83)/t54-,56+,57-,58-,59-,60-,61-,62-,63-,64-,65+,66?,67+,68+,69+/m1/s1. The van der Waals surface area contributed by atoms with E-state index in [1.807, 2.05) is 30.3 Å². The molecule has 0 radical (unpaired) electrons. The molecule has 6 aliphatic rings. The number of aromatic nitrogens is 6. The van der Waals surface area contributed by atoms with Gasteiger partial charge in [-0.25, -0.2) is 9.36 Å². The van der Waals surface area contributed by atoms with E-state index in [1.165, 1.54) is 6.21 Å². The molecule has 6 saturated heterocycles. The number of aliphatic imine (C=N–C) groups is 1. The molecule has 6 aliphatic heterocycles. The Bertz CT molecular complexity index is 3070. The topological polar surface area (TPSA) is 518 Å². The SMILES string of the molecule is NN=C(C=NCCOCCOCCOCCOC[C@@]12CO[C@H](O1)[C@H](N)[C@@H](O)[C@H]2O)COCC(COCc1cn(CCOCCOCCOCCOC[C@@]23CO[C@@H](O2)[C@H](N)[C@@H](O)[C@H]3O)nn1)(COCc1cn(CCOCCOCCOCCOC[C@]23CO[C@H](C[C@@H](O)[C@H]2O)O3)nn1)NC(=O)CCCOCc1ccccc1. The van der Waals surface area contributed by atoms with Gasteiger partial charge in [0, 0.05) is 25.7 Å². The molecule has 3 aromatic rings. The van der Waals surface area contributed by atoms with Crippen LogP contribution in [0.25, 0.3) is 0 Å². The van der Waals surface area contributed by atoms with Crippen molar-refractivity contribution >= 4 is 17.8 Å². The van der Waals surface area contributed by atoms with E-state index in [4.69, 9.17) is 122 Å². The van der Waals surface area contributed by atoms with Gasteiger partial charge in [-0.15, -0.1) is 10.2 Å². The van der Waals surface area contributed by atoms with Crippen LogP contribution >= 0.6 is 0 Å². The smallest absolute Gasteiger partial charge is 0.220 e. The summed E-state index contributed by atoms with van der Waals surface area (Å²) >= 11 is 0. The molecular formula is C69H114N12O29. The van der Waals surface area contributed by atoms with Crippen molar-refractivity contribution in [1.29, 1.82) is 0 Å². The fourth-order valence-corrected chi connectivity index (χ4v) is 12.3. The number of amides is 1. The lowest BCUT2D eigenvalue weighted by Gasteiger charge is -2.41. The lowest BCUT2D eigenvalue weighted by molar-refractivity contribution is -0.233.